The van der Waals surface area contributed by atoms with Crippen LogP contribution in [0.2, 0.25) is 0 Å². The lowest BCUT2D eigenvalue weighted by atomic mass is 10.0. The summed E-state index contributed by atoms with van der Waals surface area (Å²) in [7, 11) is 3.51. The van der Waals surface area contributed by atoms with Gasteiger partial charge in [0, 0.05) is 26.8 Å². The van der Waals surface area contributed by atoms with Gasteiger partial charge < -0.3 is 15.2 Å². The summed E-state index contributed by atoms with van der Waals surface area (Å²) >= 11 is 0. The Morgan fingerprint density at radius 3 is 2.33 bits per heavy atom. The van der Waals surface area contributed by atoms with Crippen LogP contribution in [0.4, 0.5) is 0 Å². The smallest absolute Gasteiger partial charge is 0.0615 e. The summed E-state index contributed by atoms with van der Waals surface area (Å²) in [6.45, 7) is 8.95. The zero-order chi connectivity index (χ0) is 13.8. The summed E-state index contributed by atoms with van der Waals surface area (Å²) in [6, 6.07) is 0.454. The first-order valence-corrected chi connectivity index (χ1v) is 7.07. The van der Waals surface area contributed by atoms with Crippen LogP contribution in [0, 0.1) is 5.92 Å². The number of hydrogen-bond acceptors (Lipinski definition) is 4. The van der Waals surface area contributed by atoms with Gasteiger partial charge in [0.2, 0.25) is 0 Å². The van der Waals surface area contributed by atoms with Crippen LogP contribution in [0.15, 0.2) is 0 Å². The summed E-state index contributed by atoms with van der Waals surface area (Å²) in [5.74, 6) is 0.733. The standard InChI is InChI=1S/C14H32N2O2/c1-13(7-8-15)6-5-9-16(10-11-17-3)14(2)12-18-4/h13-14H,5-12,15H2,1-4H3. The van der Waals surface area contributed by atoms with E-state index in [2.05, 4.69) is 18.7 Å². The van der Waals surface area contributed by atoms with Crippen molar-refractivity contribution < 1.29 is 9.47 Å². The largest absolute Gasteiger partial charge is 0.383 e. The molecule has 110 valence electrons. The Hall–Kier alpha value is -0.160. The molecule has 0 heterocycles. The molecule has 4 heteroatoms. The van der Waals surface area contributed by atoms with Crippen molar-refractivity contribution in [2.24, 2.45) is 11.7 Å². The average Bonchev–Trinajstić information content (AvgIpc) is 2.34. The predicted molar refractivity (Wildman–Crippen MR) is 76.9 cm³/mol. The van der Waals surface area contributed by atoms with E-state index in [0.29, 0.717) is 6.04 Å². The van der Waals surface area contributed by atoms with E-state index in [9.17, 15) is 0 Å². The Labute approximate surface area is 113 Å². The Bertz CT molecular complexity index is 179. The topological polar surface area (TPSA) is 47.7 Å². The molecule has 18 heavy (non-hydrogen) atoms. The third kappa shape index (κ3) is 8.86. The minimum Gasteiger partial charge on any atom is -0.383 e. The second kappa shape index (κ2) is 11.9. The van der Waals surface area contributed by atoms with Crippen LogP contribution in [0.3, 0.4) is 0 Å². The third-order valence-corrected chi connectivity index (χ3v) is 3.42. The molecule has 0 saturated carbocycles. The second-order valence-electron chi connectivity index (χ2n) is 5.16. The number of hydrogen-bond donors (Lipinski definition) is 1. The zero-order valence-electron chi connectivity index (χ0n) is 12.7. The van der Waals surface area contributed by atoms with Crippen molar-refractivity contribution in [2.45, 2.75) is 39.2 Å². The molecule has 0 rings (SSSR count). The molecule has 0 aliphatic heterocycles. The first kappa shape index (κ1) is 17.8. The molecule has 0 aromatic heterocycles. The fourth-order valence-electron chi connectivity index (χ4n) is 2.18. The van der Waals surface area contributed by atoms with Gasteiger partial charge in [-0.25, -0.2) is 0 Å². The first-order valence-electron chi connectivity index (χ1n) is 7.07. The lowest BCUT2D eigenvalue weighted by Crippen LogP contribution is -2.39. The molecule has 0 fully saturated rings. The summed E-state index contributed by atoms with van der Waals surface area (Å²) in [5.41, 5.74) is 5.57. The molecular formula is C14H32N2O2. The monoisotopic (exact) mass is 260 g/mol. The molecule has 0 amide bonds. The van der Waals surface area contributed by atoms with Crippen molar-refractivity contribution in [1.82, 2.24) is 4.90 Å². The van der Waals surface area contributed by atoms with E-state index in [-0.39, 0.29) is 0 Å². The van der Waals surface area contributed by atoms with Gasteiger partial charge in [-0.3, -0.25) is 4.90 Å². The molecule has 0 saturated heterocycles. The van der Waals surface area contributed by atoms with Crippen LogP contribution in [0.25, 0.3) is 0 Å². The maximum atomic E-state index is 5.57. The minimum absolute atomic E-state index is 0.454. The molecule has 2 N–H and O–H groups in total. The summed E-state index contributed by atoms with van der Waals surface area (Å²) < 4.78 is 10.4. The maximum Gasteiger partial charge on any atom is 0.0615 e. The average molecular weight is 260 g/mol. The van der Waals surface area contributed by atoms with E-state index in [1.165, 1.54) is 12.8 Å². The summed E-state index contributed by atoms with van der Waals surface area (Å²) in [5, 5.41) is 0. The Balaban J connectivity index is 3.91. The normalized spacial score (nSPS) is 15.0. The maximum absolute atomic E-state index is 5.57. The number of nitrogens with two attached hydrogens (primary N) is 1. The quantitative estimate of drug-likeness (QED) is 0.580. The molecule has 0 spiro atoms. The summed E-state index contributed by atoms with van der Waals surface area (Å²) in [4.78, 5) is 2.45. The van der Waals surface area contributed by atoms with E-state index in [4.69, 9.17) is 15.2 Å². The van der Waals surface area contributed by atoms with Crippen LogP contribution < -0.4 is 5.73 Å². The van der Waals surface area contributed by atoms with Gasteiger partial charge in [0.15, 0.2) is 0 Å². The Morgan fingerprint density at radius 2 is 1.78 bits per heavy atom. The van der Waals surface area contributed by atoms with Crippen LogP contribution in [0.1, 0.15) is 33.1 Å². The number of ether oxygens (including phenoxy) is 2. The van der Waals surface area contributed by atoms with Crippen molar-refractivity contribution in [2.75, 3.05) is 47.1 Å². The number of methoxy groups -OCH3 is 2. The Morgan fingerprint density at radius 1 is 1.06 bits per heavy atom. The molecular weight excluding hydrogens is 228 g/mol. The van der Waals surface area contributed by atoms with Crippen molar-refractivity contribution in [3.05, 3.63) is 0 Å². The van der Waals surface area contributed by atoms with E-state index in [1.54, 1.807) is 14.2 Å². The molecule has 2 unspecified atom stereocenters. The van der Waals surface area contributed by atoms with E-state index in [1.807, 2.05) is 0 Å². The first-order chi connectivity index (χ1) is 8.65. The zero-order valence-corrected chi connectivity index (χ0v) is 12.7. The highest BCUT2D eigenvalue weighted by atomic mass is 16.5. The Kier molecular flexibility index (Phi) is 11.8. The molecule has 0 aromatic rings. The van der Waals surface area contributed by atoms with Gasteiger partial charge in [0.1, 0.15) is 0 Å². The molecule has 0 aromatic carbocycles. The lowest BCUT2D eigenvalue weighted by molar-refractivity contribution is 0.0733. The SMILES string of the molecule is COCCN(CCCC(C)CCN)C(C)COC. The predicted octanol–water partition coefficient (Wildman–Crippen LogP) is 1.73. The van der Waals surface area contributed by atoms with Gasteiger partial charge in [0.25, 0.3) is 0 Å². The van der Waals surface area contributed by atoms with Gasteiger partial charge in [-0.2, -0.15) is 0 Å². The van der Waals surface area contributed by atoms with Gasteiger partial charge in [-0.1, -0.05) is 6.92 Å². The van der Waals surface area contributed by atoms with Crippen molar-refractivity contribution in [3.8, 4) is 0 Å². The van der Waals surface area contributed by atoms with Crippen LogP contribution >= 0.6 is 0 Å². The summed E-state index contributed by atoms with van der Waals surface area (Å²) in [6.07, 6.45) is 3.60. The molecule has 0 aliphatic carbocycles. The second-order valence-corrected chi connectivity index (χ2v) is 5.16. The van der Waals surface area contributed by atoms with Crippen LogP contribution in [-0.4, -0.2) is 58.0 Å². The van der Waals surface area contributed by atoms with Crippen molar-refractivity contribution in [3.63, 3.8) is 0 Å². The highest BCUT2D eigenvalue weighted by molar-refractivity contribution is 4.67. The van der Waals surface area contributed by atoms with Crippen LogP contribution in [0.5, 0.6) is 0 Å². The van der Waals surface area contributed by atoms with Gasteiger partial charge in [0.05, 0.1) is 13.2 Å². The minimum atomic E-state index is 0.454. The van der Waals surface area contributed by atoms with E-state index in [0.717, 1.165) is 45.2 Å². The van der Waals surface area contributed by atoms with Crippen molar-refractivity contribution in [1.29, 1.82) is 0 Å². The van der Waals surface area contributed by atoms with Crippen LogP contribution in [-0.2, 0) is 9.47 Å². The van der Waals surface area contributed by atoms with E-state index >= 15 is 0 Å². The fourth-order valence-corrected chi connectivity index (χ4v) is 2.18. The number of nitrogens with zero attached hydrogens (tertiary/aromatic N) is 1. The molecule has 0 aliphatic rings. The highest BCUT2D eigenvalue weighted by Crippen LogP contribution is 2.11. The molecule has 0 bridgehead atoms. The highest BCUT2D eigenvalue weighted by Gasteiger charge is 2.13. The molecule has 2 atom stereocenters. The van der Waals surface area contributed by atoms with Gasteiger partial charge >= 0.3 is 0 Å². The van der Waals surface area contributed by atoms with E-state index < -0.39 is 0 Å². The number of rotatable bonds is 12. The molecule has 4 nitrogen and oxygen atoms in total. The third-order valence-electron chi connectivity index (χ3n) is 3.42. The van der Waals surface area contributed by atoms with Crippen molar-refractivity contribution >= 4 is 0 Å². The van der Waals surface area contributed by atoms with Gasteiger partial charge in [-0.15, -0.1) is 0 Å². The molecule has 0 radical (unpaired) electrons. The van der Waals surface area contributed by atoms with Gasteiger partial charge in [-0.05, 0) is 45.2 Å². The fraction of sp³-hybridized carbons (Fsp3) is 1.00. The lowest BCUT2D eigenvalue weighted by Gasteiger charge is -2.28.